The Morgan fingerprint density at radius 1 is 1.30 bits per heavy atom. The quantitative estimate of drug-likeness (QED) is 0.916. The SMILES string of the molecule is Cc1ccccc1NC(=O)CSC1=NC(=O)N=C2CCCCC21. The number of fused-ring (bicyclic) bond motifs is 1. The third-order valence-corrected chi connectivity index (χ3v) is 5.17. The first-order chi connectivity index (χ1) is 11.1. The van der Waals surface area contributed by atoms with Crippen molar-refractivity contribution < 1.29 is 9.59 Å². The number of nitrogens with zero attached hydrogens (tertiary/aromatic N) is 2. The molecule has 1 aromatic rings. The van der Waals surface area contributed by atoms with E-state index in [2.05, 4.69) is 15.3 Å². The minimum atomic E-state index is -0.431. The number of hydrogen-bond acceptors (Lipinski definition) is 3. The van der Waals surface area contributed by atoms with Gasteiger partial charge in [0.15, 0.2) is 0 Å². The molecular formula is C17H19N3O2S. The Labute approximate surface area is 139 Å². The number of rotatable bonds is 3. The summed E-state index contributed by atoms with van der Waals surface area (Å²) in [6.07, 6.45) is 4.03. The molecule has 1 fully saturated rings. The molecule has 120 valence electrons. The average molecular weight is 329 g/mol. The number of amides is 3. The van der Waals surface area contributed by atoms with Gasteiger partial charge in [0.2, 0.25) is 5.91 Å². The van der Waals surface area contributed by atoms with Crippen molar-refractivity contribution in [2.45, 2.75) is 32.6 Å². The van der Waals surface area contributed by atoms with Crippen molar-refractivity contribution in [3.63, 3.8) is 0 Å². The summed E-state index contributed by atoms with van der Waals surface area (Å²) < 4.78 is 0. The molecule has 1 atom stereocenters. The standard InChI is InChI=1S/C17H19N3O2S/c1-11-6-2-4-8-13(11)18-15(21)10-23-16-12-7-3-5-9-14(12)19-17(22)20-16/h2,4,6,8,12H,3,5,7,9-10H2,1H3,(H,18,21). The number of urea groups is 1. The van der Waals surface area contributed by atoms with E-state index in [1.165, 1.54) is 11.8 Å². The van der Waals surface area contributed by atoms with Gasteiger partial charge in [0, 0.05) is 17.3 Å². The van der Waals surface area contributed by atoms with Gasteiger partial charge in [0.25, 0.3) is 0 Å². The maximum absolute atomic E-state index is 12.1. The number of hydrogen-bond donors (Lipinski definition) is 1. The highest BCUT2D eigenvalue weighted by Crippen LogP contribution is 2.30. The fourth-order valence-corrected chi connectivity index (χ4v) is 3.84. The van der Waals surface area contributed by atoms with Gasteiger partial charge in [-0.05, 0) is 37.8 Å². The van der Waals surface area contributed by atoms with Crippen molar-refractivity contribution in [2.75, 3.05) is 11.1 Å². The number of para-hydroxylation sites is 1. The number of nitrogens with one attached hydrogen (secondary N) is 1. The van der Waals surface area contributed by atoms with E-state index in [1.54, 1.807) is 0 Å². The maximum Gasteiger partial charge on any atom is 0.367 e. The fourth-order valence-electron chi connectivity index (χ4n) is 2.89. The molecule has 1 aliphatic carbocycles. The van der Waals surface area contributed by atoms with E-state index in [4.69, 9.17) is 0 Å². The van der Waals surface area contributed by atoms with Gasteiger partial charge >= 0.3 is 6.03 Å². The van der Waals surface area contributed by atoms with Crippen LogP contribution >= 0.6 is 11.8 Å². The molecule has 1 saturated carbocycles. The van der Waals surface area contributed by atoms with Crippen molar-refractivity contribution in [3.05, 3.63) is 29.8 Å². The van der Waals surface area contributed by atoms with E-state index in [0.717, 1.165) is 47.7 Å². The first kappa shape index (κ1) is 15.9. The van der Waals surface area contributed by atoms with Crippen molar-refractivity contribution in [1.82, 2.24) is 0 Å². The first-order valence-corrected chi connectivity index (χ1v) is 8.80. The summed E-state index contributed by atoms with van der Waals surface area (Å²) in [5.74, 6) is 0.307. The molecule has 0 radical (unpaired) electrons. The molecule has 0 saturated heterocycles. The van der Waals surface area contributed by atoms with Gasteiger partial charge in [0.05, 0.1) is 10.8 Å². The predicted molar refractivity (Wildman–Crippen MR) is 94.5 cm³/mol. The van der Waals surface area contributed by atoms with Crippen molar-refractivity contribution in [3.8, 4) is 0 Å². The number of thioether (sulfide) groups is 1. The second kappa shape index (κ2) is 7.08. The molecular weight excluding hydrogens is 310 g/mol. The summed E-state index contributed by atoms with van der Waals surface area (Å²) in [6, 6.07) is 7.24. The highest BCUT2D eigenvalue weighted by Gasteiger charge is 2.30. The average Bonchev–Trinajstić information content (AvgIpc) is 2.54. The van der Waals surface area contributed by atoms with Crippen LogP contribution in [0.1, 0.15) is 31.2 Å². The molecule has 1 aliphatic heterocycles. The van der Waals surface area contributed by atoms with Gasteiger partial charge in [0.1, 0.15) is 0 Å². The zero-order chi connectivity index (χ0) is 16.2. The predicted octanol–water partition coefficient (Wildman–Crippen LogP) is 3.83. The third-order valence-electron chi connectivity index (χ3n) is 4.09. The van der Waals surface area contributed by atoms with E-state index in [9.17, 15) is 9.59 Å². The van der Waals surface area contributed by atoms with Gasteiger partial charge < -0.3 is 5.32 Å². The van der Waals surface area contributed by atoms with Crippen LogP contribution in [0.2, 0.25) is 0 Å². The zero-order valence-electron chi connectivity index (χ0n) is 13.0. The second-order valence-electron chi connectivity index (χ2n) is 5.79. The molecule has 3 rings (SSSR count). The number of carbonyl (C=O) groups is 2. The number of anilines is 1. The highest BCUT2D eigenvalue weighted by atomic mass is 32.2. The van der Waals surface area contributed by atoms with E-state index in [1.807, 2.05) is 31.2 Å². The molecule has 5 nitrogen and oxygen atoms in total. The maximum atomic E-state index is 12.1. The largest absolute Gasteiger partial charge is 0.367 e. The minimum absolute atomic E-state index is 0.0840. The van der Waals surface area contributed by atoms with Crippen LogP contribution in [0.3, 0.4) is 0 Å². The molecule has 2 aliphatic rings. The molecule has 6 heteroatoms. The van der Waals surface area contributed by atoms with E-state index < -0.39 is 6.03 Å². The minimum Gasteiger partial charge on any atom is -0.325 e. The lowest BCUT2D eigenvalue weighted by Gasteiger charge is -2.26. The van der Waals surface area contributed by atoms with Gasteiger partial charge in [-0.1, -0.05) is 36.4 Å². The van der Waals surface area contributed by atoms with Gasteiger partial charge in [-0.15, -0.1) is 0 Å². The summed E-state index contributed by atoms with van der Waals surface area (Å²) >= 11 is 1.36. The third kappa shape index (κ3) is 3.88. The zero-order valence-corrected chi connectivity index (χ0v) is 13.9. The Bertz CT molecular complexity index is 697. The molecule has 23 heavy (non-hydrogen) atoms. The number of benzene rings is 1. The van der Waals surface area contributed by atoms with Crippen LogP contribution < -0.4 is 5.32 Å². The van der Waals surface area contributed by atoms with Gasteiger partial charge in [-0.3, -0.25) is 4.79 Å². The summed E-state index contributed by atoms with van der Waals surface area (Å²) in [5.41, 5.74) is 2.79. The van der Waals surface area contributed by atoms with Gasteiger partial charge in [-0.25, -0.2) is 9.79 Å². The van der Waals surface area contributed by atoms with Crippen LogP contribution in [-0.4, -0.2) is 28.4 Å². The lowest BCUT2D eigenvalue weighted by Crippen LogP contribution is -2.31. The summed E-state index contributed by atoms with van der Waals surface area (Å²) in [6.45, 7) is 1.96. The fraction of sp³-hybridized carbons (Fsp3) is 0.412. The van der Waals surface area contributed by atoms with E-state index >= 15 is 0 Å². The Kier molecular flexibility index (Phi) is 4.91. The van der Waals surface area contributed by atoms with Crippen LogP contribution in [0.5, 0.6) is 0 Å². The molecule has 1 unspecified atom stereocenters. The molecule has 1 N–H and O–H groups in total. The molecule has 0 aromatic heterocycles. The summed E-state index contributed by atoms with van der Waals surface area (Å²) in [5, 5.41) is 3.65. The van der Waals surface area contributed by atoms with Crippen LogP contribution in [-0.2, 0) is 4.79 Å². The molecule has 3 amide bonds. The van der Waals surface area contributed by atoms with Crippen molar-refractivity contribution in [2.24, 2.45) is 15.9 Å². The lowest BCUT2D eigenvalue weighted by atomic mass is 9.87. The van der Waals surface area contributed by atoms with Crippen LogP contribution in [0.15, 0.2) is 34.3 Å². The number of aryl methyl sites for hydroxylation is 1. The van der Waals surface area contributed by atoms with Crippen LogP contribution in [0.25, 0.3) is 0 Å². The van der Waals surface area contributed by atoms with Crippen molar-refractivity contribution in [1.29, 1.82) is 0 Å². The number of aliphatic imine (C=N–C) groups is 2. The van der Waals surface area contributed by atoms with E-state index in [-0.39, 0.29) is 17.6 Å². The smallest absolute Gasteiger partial charge is 0.325 e. The lowest BCUT2D eigenvalue weighted by molar-refractivity contribution is -0.113. The molecule has 0 spiro atoms. The Morgan fingerprint density at radius 3 is 2.96 bits per heavy atom. The molecule has 0 bridgehead atoms. The Hall–Kier alpha value is -1.95. The highest BCUT2D eigenvalue weighted by molar-refractivity contribution is 8.14. The topological polar surface area (TPSA) is 70.9 Å². The molecule has 1 aromatic carbocycles. The van der Waals surface area contributed by atoms with Crippen LogP contribution in [0.4, 0.5) is 10.5 Å². The summed E-state index contributed by atoms with van der Waals surface area (Å²) in [4.78, 5) is 31.8. The molecule has 1 heterocycles. The number of carbonyl (C=O) groups excluding carboxylic acids is 2. The Balaban J connectivity index is 1.60. The monoisotopic (exact) mass is 329 g/mol. The normalized spacial score (nSPS) is 20.4. The second-order valence-corrected chi connectivity index (χ2v) is 6.78. The van der Waals surface area contributed by atoms with Crippen molar-refractivity contribution >= 4 is 40.1 Å². The Morgan fingerprint density at radius 2 is 2.13 bits per heavy atom. The summed E-state index contributed by atoms with van der Waals surface area (Å²) in [7, 11) is 0. The van der Waals surface area contributed by atoms with Crippen LogP contribution in [0, 0.1) is 12.8 Å². The van der Waals surface area contributed by atoms with E-state index in [0.29, 0.717) is 0 Å². The van der Waals surface area contributed by atoms with Gasteiger partial charge in [-0.2, -0.15) is 4.99 Å². The first-order valence-electron chi connectivity index (χ1n) is 7.82.